The molecule has 23 heavy (non-hydrogen) atoms. The number of H-pyrrole nitrogens is 1. The Kier molecular flexibility index (Phi) is 4.58. The minimum Gasteiger partial charge on any atom is -0.358 e. The molecular formula is C16H16N6O. The Hall–Kier alpha value is -3.22. The number of benzene rings is 2. The molecule has 0 atom stereocenters. The number of aromatic amines is 1. The van der Waals surface area contributed by atoms with Crippen molar-refractivity contribution in [3.63, 3.8) is 0 Å². The summed E-state index contributed by atoms with van der Waals surface area (Å²) in [4.78, 5) is 14.2. The predicted octanol–water partition coefficient (Wildman–Crippen LogP) is 1.84. The summed E-state index contributed by atoms with van der Waals surface area (Å²) < 4.78 is 0. The maximum Gasteiger partial charge on any atom is 0.269 e. The average molecular weight is 308 g/mol. The summed E-state index contributed by atoms with van der Waals surface area (Å²) in [5, 5.41) is 15.8. The standard InChI is InChI=1S/C16H16N6O/c23-15(17-16-18-20-21-19-16)12-22(14-9-5-2-6-10-14)11-13-7-3-1-4-8-13/h1-10H,11-12H2,(H2,17,18,19,20,21,23). The Morgan fingerprint density at radius 1 is 1.04 bits per heavy atom. The van der Waals surface area contributed by atoms with Gasteiger partial charge in [-0.05, 0) is 22.9 Å². The number of para-hydroxylation sites is 1. The van der Waals surface area contributed by atoms with E-state index in [0.29, 0.717) is 6.54 Å². The van der Waals surface area contributed by atoms with Crippen LogP contribution in [0.25, 0.3) is 0 Å². The number of carbonyl (C=O) groups excluding carboxylic acids is 1. The van der Waals surface area contributed by atoms with E-state index in [1.165, 1.54) is 0 Å². The zero-order chi connectivity index (χ0) is 15.9. The van der Waals surface area contributed by atoms with Crippen molar-refractivity contribution in [1.29, 1.82) is 0 Å². The summed E-state index contributed by atoms with van der Waals surface area (Å²) in [6.45, 7) is 0.817. The van der Waals surface area contributed by atoms with Gasteiger partial charge in [0.25, 0.3) is 5.95 Å². The number of aromatic nitrogens is 4. The normalized spacial score (nSPS) is 10.3. The molecule has 7 heteroatoms. The monoisotopic (exact) mass is 308 g/mol. The Balaban J connectivity index is 1.73. The number of rotatable bonds is 6. The second-order valence-corrected chi connectivity index (χ2v) is 4.96. The molecule has 3 aromatic rings. The number of anilines is 2. The van der Waals surface area contributed by atoms with E-state index in [1.807, 2.05) is 65.6 Å². The van der Waals surface area contributed by atoms with Crippen molar-refractivity contribution in [1.82, 2.24) is 20.6 Å². The lowest BCUT2D eigenvalue weighted by Crippen LogP contribution is -2.33. The van der Waals surface area contributed by atoms with Crippen LogP contribution in [0, 0.1) is 0 Å². The third-order valence-electron chi connectivity index (χ3n) is 3.27. The molecule has 2 aromatic carbocycles. The van der Waals surface area contributed by atoms with E-state index < -0.39 is 0 Å². The van der Waals surface area contributed by atoms with E-state index in [0.717, 1.165) is 11.3 Å². The molecule has 3 rings (SSSR count). The molecule has 116 valence electrons. The minimum atomic E-state index is -0.203. The smallest absolute Gasteiger partial charge is 0.269 e. The Labute approximate surface area is 133 Å². The summed E-state index contributed by atoms with van der Waals surface area (Å²) >= 11 is 0. The third-order valence-corrected chi connectivity index (χ3v) is 3.27. The Morgan fingerprint density at radius 3 is 2.39 bits per heavy atom. The third kappa shape index (κ3) is 4.13. The van der Waals surface area contributed by atoms with Gasteiger partial charge in [-0.15, -0.1) is 5.10 Å². The van der Waals surface area contributed by atoms with Crippen molar-refractivity contribution < 1.29 is 4.79 Å². The molecule has 0 spiro atoms. The Bertz CT molecular complexity index is 730. The highest BCUT2D eigenvalue weighted by Gasteiger charge is 2.13. The number of carbonyl (C=O) groups is 1. The van der Waals surface area contributed by atoms with Crippen LogP contribution in [-0.2, 0) is 11.3 Å². The van der Waals surface area contributed by atoms with E-state index in [-0.39, 0.29) is 18.4 Å². The van der Waals surface area contributed by atoms with Gasteiger partial charge in [0.1, 0.15) is 0 Å². The van der Waals surface area contributed by atoms with E-state index in [4.69, 9.17) is 0 Å². The van der Waals surface area contributed by atoms with Crippen molar-refractivity contribution >= 4 is 17.5 Å². The van der Waals surface area contributed by atoms with Crippen LogP contribution in [0.2, 0.25) is 0 Å². The summed E-state index contributed by atoms with van der Waals surface area (Å²) in [7, 11) is 0. The summed E-state index contributed by atoms with van der Waals surface area (Å²) in [5.74, 6) is -0.0334. The summed E-state index contributed by atoms with van der Waals surface area (Å²) in [6, 6.07) is 19.8. The zero-order valence-corrected chi connectivity index (χ0v) is 12.4. The lowest BCUT2D eigenvalue weighted by molar-refractivity contribution is -0.115. The number of nitrogens with one attached hydrogen (secondary N) is 2. The maximum atomic E-state index is 12.2. The summed E-state index contributed by atoms with van der Waals surface area (Å²) in [6.07, 6.45) is 0. The van der Waals surface area contributed by atoms with Crippen LogP contribution in [0.5, 0.6) is 0 Å². The molecule has 0 saturated carbocycles. The van der Waals surface area contributed by atoms with Crippen molar-refractivity contribution in [3.05, 3.63) is 66.2 Å². The molecule has 1 aromatic heterocycles. The largest absolute Gasteiger partial charge is 0.358 e. The molecule has 0 aliphatic rings. The van der Waals surface area contributed by atoms with Crippen LogP contribution in [0.4, 0.5) is 11.6 Å². The molecule has 0 radical (unpaired) electrons. The van der Waals surface area contributed by atoms with E-state index in [9.17, 15) is 4.79 Å². The second-order valence-electron chi connectivity index (χ2n) is 4.96. The van der Waals surface area contributed by atoms with Crippen LogP contribution < -0.4 is 10.2 Å². The molecule has 1 amide bonds. The van der Waals surface area contributed by atoms with Crippen LogP contribution in [0.15, 0.2) is 60.7 Å². The lowest BCUT2D eigenvalue weighted by Gasteiger charge is -2.24. The first-order valence-corrected chi connectivity index (χ1v) is 7.18. The lowest BCUT2D eigenvalue weighted by atomic mass is 10.2. The predicted molar refractivity (Wildman–Crippen MR) is 86.7 cm³/mol. The summed E-state index contributed by atoms with van der Waals surface area (Å²) in [5.41, 5.74) is 2.10. The number of nitrogens with zero attached hydrogens (tertiary/aromatic N) is 4. The quantitative estimate of drug-likeness (QED) is 0.725. The van der Waals surface area contributed by atoms with Gasteiger partial charge in [0.05, 0.1) is 6.54 Å². The number of tetrazole rings is 1. The first kappa shape index (κ1) is 14.7. The molecule has 0 saturated heterocycles. The van der Waals surface area contributed by atoms with Crippen molar-refractivity contribution in [3.8, 4) is 0 Å². The molecule has 1 heterocycles. The Morgan fingerprint density at radius 2 is 1.74 bits per heavy atom. The molecule has 0 unspecified atom stereocenters. The maximum absolute atomic E-state index is 12.2. The molecule has 0 fully saturated rings. The van der Waals surface area contributed by atoms with Gasteiger partial charge in [-0.2, -0.15) is 5.21 Å². The first-order valence-electron chi connectivity index (χ1n) is 7.18. The van der Waals surface area contributed by atoms with Crippen LogP contribution in [-0.4, -0.2) is 33.1 Å². The van der Waals surface area contributed by atoms with Crippen molar-refractivity contribution in [2.75, 3.05) is 16.8 Å². The van der Waals surface area contributed by atoms with Crippen LogP contribution in [0.3, 0.4) is 0 Å². The van der Waals surface area contributed by atoms with E-state index >= 15 is 0 Å². The molecule has 2 N–H and O–H groups in total. The van der Waals surface area contributed by atoms with E-state index in [2.05, 4.69) is 25.9 Å². The highest BCUT2D eigenvalue weighted by atomic mass is 16.2. The average Bonchev–Trinajstić information content (AvgIpc) is 3.09. The fraction of sp³-hybridized carbons (Fsp3) is 0.125. The van der Waals surface area contributed by atoms with Crippen LogP contribution in [0.1, 0.15) is 5.56 Å². The molecule has 0 bridgehead atoms. The van der Waals surface area contributed by atoms with Crippen molar-refractivity contribution in [2.45, 2.75) is 6.54 Å². The first-order chi connectivity index (χ1) is 11.3. The van der Waals surface area contributed by atoms with Crippen LogP contribution >= 0.6 is 0 Å². The minimum absolute atomic E-state index is 0.169. The topological polar surface area (TPSA) is 86.8 Å². The van der Waals surface area contributed by atoms with Gasteiger partial charge < -0.3 is 4.90 Å². The van der Waals surface area contributed by atoms with Gasteiger partial charge in [-0.1, -0.05) is 53.6 Å². The van der Waals surface area contributed by atoms with Gasteiger partial charge in [-0.3, -0.25) is 10.1 Å². The van der Waals surface area contributed by atoms with Gasteiger partial charge in [0.2, 0.25) is 5.91 Å². The number of hydrogen-bond acceptors (Lipinski definition) is 5. The zero-order valence-electron chi connectivity index (χ0n) is 12.4. The molecular weight excluding hydrogens is 292 g/mol. The second kappa shape index (κ2) is 7.17. The highest BCUT2D eigenvalue weighted by molar-refractivity contribution is 5.92. The molecule has 0 aliphatic carbocycles. The van der Waals surface area contributed by atoms with Gasteiger partial charge in [0, 0.05) is 12.2 Å². The van der Waals surface area contributed by atoms with Gasteiger partial charge in [0.15, 0.2) is 0 Å². The van der Waals surface area contributed by atoms with Gasteiger partial charge >= 0.3 is 0 Å². The highest BCUT2D eigenvalue weighted by Crippen LogP contribution is 2.16. The van der Waals surface area contributed by atoms with E-state index in [1.54, 1.807) is 0 Å². The molecule has 0 aliphatic heterocycles. The van der Waals surface area contributed by atoms with Crippen molar-refractivity contribution in [2.24, 2.45) is 0 Å². The number of hydrogen-bond donors (Lipinski definition) is 2. The fourth-order valence-corrected chi connectivity index (χ4v) is 2.23. The van der Waals surface area contributed by atoms with Gasteiger partial charge in [-0.25, -0.2) is 0 Å². The fourth-order valence-electron chi connectivity index (χ4n) is 2.23. The molecule has 7 nitrogen and oxygen atoms in total. The number of amides is 1. The SMILES string of the molecule is O=C(CN(Cc1ccccc1)c1ccccc1)Nc1nn[nH]n1.